The van der Waals surface area contributed by atoms with Gasteiger partial charge in [-0.25, -0.2) is 13.8 Å². The molecule has 0 bridgehead atoms. The lowest BCUT2D eigenvalue weighted by Crippen LogP contribution is -2.32. The first-order chi connectivity index (χ1) is 11.6. The van der Waals surface area contributed by atoms with Crippen LogP contribution in [0.5, 0.6) is 0 Å². The van der Waals surface area contributed by atoms with Crippen molar-refractivity contribution in [3.8, 4) is 11.3 Å². The summed E-state index contributed by atoms with van der Waals surface area (Å²) in [6.07, 6.45) is 2.98. The molecule has 1 aromatic carbocycles. The van der Waals surface area contributed by atoms with E-state index in [0.29, 0.717) is 18.9 Å². The van der Waals surface area contributed by atoms with E-state index in [-0.39, 0.29) is 48.5 Å². The zero-order valence-electron chi connectivity index (χ0n) is 14.4. The molecule has 0 aliphatic rings. The Hall–Kier alpha value is -1.70. The number of rotatable bonds is 9. The number of aryl methyl sites for hydroxylation is 1. The number of amides is 1. The minimum Gasteiger partial charge on any atom is -0.441 e. The molecule has 0 fully saturated rings. The summed E-state index contributed by atoms with van der Waals surface area (Å²) >= 11 is 0. The van der Waals surface area contributed by atoms with E-state index in [2.05, 4.69) is 22.5 Å². The number of nitrogens with one attached hydrogen (secondary N) is 2. The van der Waals surface area contributed by atoms with Crippen molar-refractivity contribution in [1.82, 2.24) is 15.6 Å². The van der Waals surface area contributed by atoms with Crippen LogP contribution in [0.15, 0.2) is 28.8 Å². The number of aromatic nitrogens is 1. The topological polar surface area (TPSA) is 67.2 Å². The van der Waals surface area contributed by atoms with Gasteiger partial charge in [0.2, 0.25) is 5.91 Å². The van der Waals surface area contributed by atoms with Crippen LogP contribution in [0.4, 0.5) is 8.78 Å². The molecule has 0 radical (unpaired) electrons. The van der Waals surface area contributed by atoms with E-state index >= 15 is 0 Å². The number of carbonyl (C=O) groups is 1. The molecule has 0 aliphatic carbocycles. The van der Waals surface area contributed by atoms with Crippen LogP contribution in [0.3, 0.4) is 0 Å². The molecule has 1 amide bonds. The lowest BCUT2D eigenvalue weighted by molar-refractivity contribution is -0.121. The molecule has 26 heavy (non-hydrogen) atoms. The molecule has 0 saturated heterocycles. The minimum atomic E-state index is -0.713. The Labute approximate surface area is 163 Å². The fourth-order valence-corrected chi connectivity index (χ4v) is 2.14. The van der Waals surface area contributed by atoms with Gasteiger partial charge in [-0.3, -0.25) is 4.79 Å². The van der Waals surface area contributed by atoms with Crippen LogP contribution in [0, 0.1) is 11.6 Å². The average molecular weight is 410 g/mol. The molecular formula is C17H23Cl2F2N3O2. The molecule has 1 heterocycles. The zero-order chi connectivity index (χ0) is 17.4. The molecular weight excluding hydrogens is 387 g/mol. The number of benzene rings is 1. The number of hydrogen-bond donors (Lipinski definition) is 2. The van der Waals surface area contributed by atoms with Crippen molar-refractivity contribution in [2.75, 3.05) is 19.6 Å². The van der Waals surface area contributed by atoms with Gasteiger partial charge in [0.05, 0.1) is 11.8 Å². The smallest absolute Gasteiger partial charge is 0.220 e. The van der Waals surface area contributed by atoms with E-state index in [9.17, 15) is 13.6 Å². The molecule has 2 rings (SSSR count). The summed E-state index contributed by atoms with van der Waals surface area (Å²) in [5.41, 5.74) is 0.140. The van der Waals surface area contributed by atoms with E-state index in [1.165, 1.54) is 12.3 Å². The van der Waals surface area contributed by atoms with Crippen molar-refractivity contribution < 1.29 is 18.0 Å². The molecule has 1 aromatic heterocycles. The van der Waals surface area contributed by atoms with Crippen molar-refractivity contribution in [3.05, 3.63) is 41.9 Å². The molecule has 0 spiro atoms. The van der Waals surface area contributed by atoms with Gasteiger partial charge in [-0.1, -0.05) is 6.92 Å². The van der Waals surface area contributed by atoms with Gasteiger partial charge in [-0.2, -0.15) is 0 Å². The maximum atomic E-state index is 13.7. The third kappa shape index (κ3) is 7.68. The maximum Gasteiger partial charge on any atom is 0.220 e. The molecule has 0 aliphatic heterocycles. The second-order valence-corrected chi connectivity index (χ2v) is 5.34. The van der Waals surface area contributed by atoms with Gasteiger partial charge >= 0.3 is 0 Å². The van der Waals surface area contributed by atoms with Gasteiger partial charge < -0.3 is 15.1 Å². The van der Waals surface area contributed by atoms with Crippen LogP contribution in [-0.2, 0) is 11.2 Å². The van der Waals surface area contributed by atoms with Gasteiger partial charge in [0.1, 0.15) is 11.6 Å². The molecule has 146 valence electrons. The Balaban J connectivity index is 0.00000312. The second kappa shape index (κ2) is 12.6. The van der Waals surface area contributed by atoms with E-state index in [4.69, 9.17) is 4.42 Å². The molecule has 9 heteroatoms. The first kappa shape index (κ1) is 24.3. The van der Waals surface area contributed by atoms with E-state index in [0.717, 1.165) is 31.6 Å². The van der Waals surface area contributed by atoms with Crippen molar-refractivity contribution in [1.29, 1.82) is 0 Å². The van der Waals surface area contributed by atoms with Gasteiger partial charge in [-0.15, -0.1) is 24.8 Å². The summed E-state index contributed by atoms with van der Waals surface area (Å²) in [6.45, 7) is 4.30. The van der Waals surface area contributed by atoms with Gasteiger partial charge in [0.15, 0.2) is 11.7 Å². The number of hydrogen-bond acceptors (Lipinski definition) is 4. The van der Waals surface area contributed by atoms with Crippen LogP contribution in [0.25, 0.3) is 11.3 Å². The molecule has 0 atom stereocenters. The van der Waals surface area contributed by atoms with Gasteiger partial charge in [0, 0.05) is 32.0 Å². The molecule has 0 unspecified atom stereocenters. The minimum absolute atomic E-state index is 0. The standard InChI is InChI=1S/C17H21F2N3O2.2ClH/c1-2-7-20-8-9-21-16(23)5-6-17-22-11-15(24-17)13-4-3-12(18)10-14(13)19;;/h3-4,10-11,20H,2,5-9H2,1H3,(H,21,23);2*1H. The number of halogens is 4. The average Bonchev–Trinajstić information content (AvgIpc) is 3.01. The Morgan fingerprint density at radius 1 is 1.19 bits per heavy atom. The second-order valence-electron chi connectivity index (χ2n) is 5.34. The first-order valence-corrected chi connectivity index (χ1v) is 7.97. The summed E-state index contributed by atoms with van der Waals surface area (Å²) in [6, 6.07) is 3.24. The fraction of sp³-hybridized carbons (Fsp3) is 0.412. The lowest BCUT2D eigenvalue weighted by atomic mass is 10.2. The van der Waals surface area contributed by atoms with E-state index in [1.807, 2.05) is 0 Å². The summed E-state index contributed by atoms with van der Waals surface area (Å²) in [7, 11) is 0. The van der Waals surface area contributed by atoms with Crippen molar-refractivity contribution >= 4 is 30.7 Å². The van der Waals surface area contributed by atoms with Crippen LogP contribution >= 0.6 is 24.8 Å². The quantitative estimate of drug-likeness (QED) is 0.621. The first-order valence-electron chi connectivity index (χ1n) is 7.97. The number of carbonyl (C=O) groups excluding carboxylic acids is 1. The lowest BCUT2D eigenvalue weighted by Gasteiger charge is -2.05. The fourth-order valence-electron chi connectivity index (χ4n) is 2.14. The largest absolute Gasteiger partial charge is 0.441 e. The van der Waals surface area contributed by atoms with Crippen LogP contribution in [0.1, 0.15) is 25.7 Å². The third-order valence-electron chi connectivity index (χ3n) is 3.37. The summed E-state index contributed by atoms with van der Waals surface area (Å²) in [5.74, 6) is -0.906. The summed E-state index contributed by atoms with van der Waals surface area (Å²) < 4.78 is 32.0. The molecule has 0 saturated carbocycles. The summed E-state index contributed by atoms with van der Waals surface area (Å²) in [4.78, 5) is 15.7. The highest BCUT2D eigenvalue weighted by atomic mass is 35.5. The highest BCUT2D eigenvalue weighted by Gasteiger charge is 2.12. The van der Waals surface area contributed by atoms with Crippen LogP contribution in [-0.4, -0.2) is 30.5 Å². The maximum absolute atomic E-state index is 13.7. The van der Waals surface area contributed by atoms with Crippen LogP contribution in [0.2, 0.25) is 0 Å². The predicted octanol–water partition coefficient (Wildman–Crippen LogP) is 3.51. The normalized spacial score (nSPS) is 9.96. The van der Waals surface area contributed by atoms with E-state index < -0.39 is 11.6 Å². The highest BCUT2D eigenvalue weighted by Crippen LogP contribution is 2.24. The Kier molecular flexibility index (Phi) is 11.8. The number of nitrogens with zero attached hydrogens (tertiary/aromatic N) is 1. The van der Waals surface area contributed by atoms with Crippen molar-refractivity contribution in [2.24, 2.45) is 0 Å². The molecule has 2 aromatic rings. The van der Waals surface area contributed by atoms with Crippen LogP contribution < -0.4 is 10.6 Å². The molecule has 5 nitrogen and oxygen atoms in total. The summed E-state index contributed by atoms with van der Waals surface area (Å²) in [5, 5.41) is 5.98. The SMILES string of the molecule is CCCNCCNC(=O)CCc1ncc(-c2ccc(F)cc2F)o1.Cl.Cl. The third-order valence-corrected chi connectivity index (χ3v) is 3.37. The van der Waals surface area contributed by atoms with Crippen molar-refractivity contribution in [3.63, 3.8) is 0 Å². The zero-order valence-corrected chi connectivity index (χ0v) is 16.0. The van der Waals surface area contributed by atoms with Gasteiger partial charge in [-0.05, 0) is 25.1 Å². The molecule has 2 N–H and O–H groups in total. The van der Waals surface area contributed by atoms with E-state index in [1.54, 1.807) is 0 Å². The van der Waals surface area contributed by atoms with Gasteiger partial charge in [0.25, 0.3) is 0 Å². The Morgan fingerprint density at radius 2 is 1.96 bits per heavy atom. The number of oxazole rings is 1. The van der Waals surface area contributed by atoms with Crippen molar-refractivity contribution in [2.45, 2.75) is 26.2 Å². The predicted molar refractivity (Wildman–Crippen MR) is 101 cm³/mol. The highest BCUT2D eigenvalue weighted by molar-refractivity contribution is 5.85. The Bertz CT molecular complexity index is 684. The Morgan fingerprint density at radius 3 is 2.65 bits per heavy atom. The monoisotopic (exact) mass is 409 g/mol.